The van der Waals surface area contributed by atoms with Gasteiger partial charge < -0.3 is 11.1 Å². The first-order chi connectivity index (χ1) is 16.7. The van der Waals surface area contributed by atoms with Crippen molar-refractivity contribution in [3.8, 4) is 11.1 Å². The second-order valence-electron chi connectivity index (χ2n) is 8.27. The van der Waals surface area contributed by atoms with E-state index in [0.717, 1.165) is 6.07 Å². The molecule has 4 heterocycles. The van der Waals surface area contributed by atoms with E-state index in [0.29, 0.717) is 39.0 Å². The average molecular weight is 540 g/mol. The predicted molar refractivity (Wildman–Crippen MR) is 130 cm³/mol. The van der Waals surface area contributed by atoms with Crippen LogP contribution < -0.4 is 11.1 Å². The van der Waals surface area contributed by atoms with Crippen molar-refractivity contribution in [2.24, 2.45) is 12.8 Å². The Morgan fingerprint density at radius 3 is 2.36 bits per heavy atom. The summed E-state index contributed by atoms with van der Waals surface area (Å²) in [5, 5.41) is 11.7. The number of amides is 2. The maximum Gasteiger partial charge on any atom is 0.433 e. The minimum atomic E-state index is -4.75. The molecule has 4 rings (SSSR count). The number of anilines is 1. The summed E-state index contributed by atoms with van der Waals surface area (Å²) in [5.74, 6) is -1.49. The third kappa shape index (κ3) is 4.22. The van der Waals surface area contributed by atoms with E-state index >= 15 is 0 Å². The van der Waals surface area contributed by atoms with Gasteiger partial charge in [-0.2, -0.15) is 23.4 Å². The topological polar surface area (TPSA) is 121 Å². The summed E-state index contributed by atoms with van der Waals surface area (Å²) in [7, 11) is 1.65. The van der Waals surface area contributed by atoms with Crippen LogP contribution in [0.1, 0.15) is 45.4 Å². The zero-order valence-electron chi connectivity index (χ0n) is 19.8. The number of halogens is 4. The van der Waals surface area contributed by atoms with E-state index in [9.17, 15) is 22.8 Å². The summed E-state index contributed by atoms with van der Waals surface area (Å²) in [6.45, 7) is 6.67. The smallest absolute Gasteiger partial charge is 0.365 e. The molecule has 1 unspecified atom stereocenters. The van der Waals surface area contributed by atoms with Crippen molar-refractivity contribution in [1.29, 1.82) is 0 Å². The van der Waals surface area contributed by atoms with Crippen LogP contribution in [0.4, 0.5) is 18.9 Å². The quantitative estimate of drug-likeness (QED) is 0.378. The highest BCUT2D eigenvalue weighted by Crippen LogP contribution is 2.44. The molecule has 0 radical (unpaired) electrons. The predicted octanol–water partition coefficient (Wildman–Crippen LogP) is 4.79. The van der Waals surface area contributed by atoms with Gasteiger partial charge in [0.05, 0.1) is 28.3 Å². The highest BCUT2D eigenvalue weighted by atomic mass is 35.5. The Balaban J connectivity index is 1.94. The van der Waals surface area contributed by atoms with Crippen LogP contribution in [0, 0.1) is 20.8 Å². The fourth-order valence-electron chi connectivity index (χ4n) is 3.87. The van der Waals surface area contributed by atoms with Gasteiger partial charge in [-0.25, -0.2) is 4.98 Å². The van der Waals surface area contributed by atoms with Crippen molar-refractivity contribution in [2.45, 2.75) is 39.9 Å². The van der Waals surface area contributed by atoms with Gasteiger partial charge >= 0.3 is 6.18 Å². The van der Waals surface area contributed by atoms with Crippen LogP contribution >= 0.6 is 22.9 Å². The summed E-state index contributed by atoms with van der Waals surface area (Å²) < 4.78 is 44.0. The summed E-state index contributed by atoms with van der Waals surface area (Å²) in [6.07, 6.45) is -3.33. The molecule has 0 saturated heterocycles. The monoisotopic (exact) mass is 539 g/mol. The van der Waals surface area contributed by atoms with Crippen molar-refractivity contribution < 1.29 is 22.8 Å². The molecule has 4 aromatic rings. The number of carbonyl (C=O) groups excluding carboxylic acids is 2. The van der Waals surface area contributed by atoms with E-state index in [-0.39, 0.29) is 26.3 Å². The molecule has 4 aromatic heterocycles. The third-order valence-electron chi connectivity index (χ3n) is 5.93. The summed E-state index contributed by atoms with van der Waals surface area (Å²) >= 11 is 6.88. The fourth-order valence-corrected chi connectivity index (χ4v) is 5.00. The molecule has 0 aromatic carbocycles. The van der Waals surface area contributed by atoms with Gasteiger partial charge in [0, 0.05) is 23.7 Å². The Kier molecular flexibility index (Phi) is 6.33. The van der Waals surface area contributed by atoms with E-state index in [1.807, 2.05) is 0 Å². The Morgan fingerprint density at radius 2 is 1.86 bits per heavy atom. The normalized spacial score (nSPS) is 12.8. The van der Waals surface area contributed by atoms with E-state index in [1.165, 1.54) is 15.6 Å². The molecule has 0 aliphatic carbocycles. The number of hydrogen-bond donors (Lipinski definition) is 2. The minimum Gasteiger partial charge on any atom is -0.365 e. The van der Waals surface area contributed by atoms with Crippen molar-refractivity contribution in [3.05, 3.63) is 44.9 Å². The number of primary amides is 1. The van der Waals surface area contributed by atoms with Crippen LogP contribution in [0.5, 0.6) is 0 Å². The molecule has 3 N–H and O–H groups in total. The van der Waals surface area contributed by atoms with Gasteiger partial charge in [-0.3, -0.25) is 19.0 Å². The number of alkyl halides is 3. The zero-order chi connectivity index (χ0) is 26.7. The third-order valence-corrected chi connectivity index (χ3v) is 7.58. The van der Waals surface area contributed by atoms with Gasteiger partial charge in [0.2, 0.25) is 5.91 Å². The number of hydrogen-bond acceptors (Lipinski definition) is 6. The Bertz CT molecular complexity index is 1540. The molecule has 0 bridgehead atoms. The van der Waals surface area contributed by atoms with Gasteiger partial charge in [-0.15, -0.1) is 11.3 Å². The Hall–Kier alpha value is -3.45. The average Bonchev–Trinajstić information content (AvgIpc) is 3.42. The maximum absolute atomic E-state index is 13.7. The zero-order valence-corrected chi connectivity index (χ0v) is 21.4. The van der Waals surface area contributed by atoms with Gasteiger partial charge in [0.15, 0.2) is 0 Å². The lowest BCUT2D eigenvalue weighted by Crippen LogP contribution is -2.26. The van der Waals surface area contributed by atoms with E-state index in [4.69, 9.17) is 17.3 Å². The molecular weight excluding hydrogens is 519 g/mol. The number of nitrogens with zero attached hydrogens (tertiary/aromatic N) is 5. The lowest BCUT2D eigenvalue weighted by molar-refractivity contribution is -0.140. The van der Waals surface area contributed by atoms with Crippen LogP contribution in [-0.2, 0) is 18.0 Å². The molecular formula is C22H21ClF3N7O2S. The maximum atomic E-state index is 13.7. The van der Waals surface area contributed by atoms with E-state index < -0.39 is 29.7 Å². The molecule has 2 amide bonds. The number of fused-ring (bicyclic) bond motifs is 1. The van der Waals surface area contributed by atoms with Crippen molar-refractivity contribution in [3.63, 3.8) is 0 Å². The first-order valence-electron chi connectivity index (χ1n) is 10.6. The van der Waals surface area contributed by atoms with Crippen LogP contribution in [0.2, 0.25) is 5.02 Å². The Morgan fingerprint density at radius 1 is 1.19 bits per heavy atom. The first-order valence-corrected chi connectivity index (χ1v) is 11.8. The molecule has 0 fully saturated rings. The number of nitrogens with two attached hydrogens (primary N) is 1. The standard InChI is InChI=1S/C22H21ClF3N7O2S/c1-8-16(23)10(3)33(31-8)11(4)20(35)30-17-15-12(13-7-28-32(5)9(13)2)6-14(22(24,25)26)29-21(15)36-18(17)19(27)34/h6-7,11H,1-5H3,(H2,27,34)(H,30,35). The summed E-state index contributed by atoms with van der Waals surface area (Å²) in [5.41, 5.74) is 6.55. The van der Waals surface area contributed by atoms with Gasteiger partial charge in [-0.05, 0) is 39.3 Å². The summed E-state index contributed by atoms with van der Waals surface area (Å²) in [6, 6.07) is 0.0156. The van der Waals surface area contributed by atoms with Crippen molar-refractivity contribution >= 4 is 50.7 Å². The largest absolute Gasteiger partial charge is 0.433 e. The molecule has 9 nitrogen and oxygen atoms in total. The number of aromatic nitrogens is 5. The van der Waals surface area contributed by atoms with Gasteiger partial charge in [0.25, 0.3) is 5.91 Å². The van der Waals surface area contributed by atoms with Crippen LogP contribution in [0.25, 0.3) is 21.3 Å². The molecule has 36 heavy (non-hydrogen) atoms. The molecule has 14 heteroatoms. The van der Waals surface area contributed by atoms with Crippen molar-refractivity contribution in [1.82, 2.24) is 24.5 Å². The molecule has 0 spiro atoms. The highest BCUT2D eigenvalue weighted by molar-refractivity contribution is 7.21. The number of pyridine rings is 1. The second kappa shape index (κ2) is 8.89. The molecule has 0 saturated carbocycles. The van der Waals surface area contributed by atoms with Crippen molar-refractivity contribution in [2.75, 3.05) is 5.32 Å². The van der Waals surface area contributed by atoms with Crippen LogP contribution in [0.3, 0.4) is 0 Å². The molecule has 0 aliphatic heterocycles. The molecule has 190 valence electrons. The molecule has 1 atom stereocenters. The van der Waals surface area contributed by atoms with Gasteiger partial charge in [0.1, 0.15) is 21.4 Å². The molecule has 0 aliphatic rings. The second-order valence-corrected chi connectivity index (χ2v) is 9.64. The van der Waals surface area contributed by atoms with Crippen LogP contribution in [0.15, 0.2) is 12.3 Å². The fraction of sp³-hybridized carbons (Fsp3) is 0.318. The lowest BCUT2D eigenvalue weighted by atomic mass is 10.0. The van der Waals surface area contributed by atoms with Crippen LogP contribution in [-0.4, -0.2) is 36.4 Å². The van der Waals surface area contributed by atoms with E-state index in [2.05, 4.69) is 20.5 Å². The SMILES string of the molecule is Cc1nn(C(C)C(=O)Nc2c(C(N)=O)sc3nc(C(F)(F)F)cc(-c4cnn(C)c4C)c23)c(C)c1Cl. The number of carbonyl (C=O) groups is 2. The van der Waals surface area contributed by atoms with E-state index in [1.54, 1.807) is 34.7 Å². The number of rotatable bonds is 5. The highest BCUT2D eigenvalue weighted by Gasteiger charge is 2.36. The number of thiophene rings is 1. The minimum absolute atomic E-state index is 0.0218. The van der Waals surface area contributed by atoms with Gasteiger partial charge in [-0.1, -0.05) is 11.6 Å². The Labute approximate surface area is 212 Å². The number of aryl methyl sites for hydroxylation is 2. The lowest BCUT2D eigenvalue weighted by Gasteiger charge is -2.16. The first kappa shape index (κ1) is 25.6. The number of nitrogens with one attached hydrogen (secondary N) is 1. The summed E-state index contributed by atoms with van der Waals surface area (Å²) in [4.78, 5) is 29.1.